The molecule has 0 unspecified atom stereocenters. The molecule has 2 aromatic rings. The zero-order valence-electron chi connectivity index (χ0n) is 9.85. The van der Waals surface area contributed by atoms with Crippen LogP contribution in [-0.2, 0) is 25.7 Å². The first-order chi connectivity index (χ1) is 8.34. The predicted molar refractivity (Wildman–Crippen MR) is 75.7 cm³/mol. The van der Waals surface area contributed by atoms with Crippen molar-refractivity contribution in [1.29, 1.82) is 0 Å². The van der Waals surface area contributed by atoms with Gasteiger partial charge in [-0.1, -0.05) is 28.1 Å². The number of hydrogen-bond donors (Lipinski definition) is 0. The van der Waals surface area contributed by atoms with Gasteiger partial charge in [0.15, 0.2) is 0 Å². The van der Waals surface area contributed by atoms with E-state index in [2.05, 4.69) is 34.1 Å². The molecule has 0 fully saturated rings. The fraction of sp³-hybridized carbons (Fsp3) is 0.375. The Balaban J connectivity index is 2.23. The van der Waals surface area contributed by atoms with Gasteiger partial charge in [0.05, 0.1) is 0 Å². The fourth-order valence-electron chi connectivity index (χ4n) is 3.62. The Bertz CT molecular complexity index is 625. The van der Waals surface area contributed by atoms with E-state index in [-0.39, 0.29) is 0 Å². The minimum atomic E-state index is 1.24. The van der Waals surface area contributed by atoms with Crippen molar-refractivity contribution in [2.24, 2.45) is 0 Å². The van der Waals surface area contributed by atoms with Gasteiger partial charge in [-0.3, -0.25) is 0 Å². The van der Waals surface area contributed by atoms with E-state index in [0.29, 0.717) is 0 Å². The summed E-state index contributed by atoms with van der Waals surface area (Å²) in [5, 5.41) is 3.20. The van der Waals surface area contributed by atoms with E-state index in [9.17, 15) is 0 Å². The summed E-state index contributed by atoms with van der Waals surface area (Å²) in [6, 6.07) is 7.14. The van der Waals surface area contributed by atoms with Crippen molar-refractivity contribution < 1.29 is 0 Å². The van der Waals surface area contributed by atoms with Crippen molar-refractivity contribution in [3.05, 3.63) is 44.9 Å². The first-order valence-electron chi connectivity index (χ1n) is 6.59. The number of hydrogen-bond acceptors (Lipinski definition) is 0. The molecule has 1 heteroatoms. The lowest BCUT2D eigenvalue weighted by Crippen LogP contribution is -2.09. The standard InChI is InChI=1S/C16H15Br/c17-14-9-12-5-1-3-10-7-8-11-4-2-6-13(14)16(11)15(10)12/h7-9H,1-6H2. The Morgan fingerprint density at radius 3 is 2.24 bits per heavy atom. The van der Waals surface area contributed by atoms with Gasteiger partial charge in [0.2, 0.25) is 0 Å². The first kappa shape index (κ1) is 10.1. The van der Waals surface area contributed by atoms with Crippen molar-refractivity contribution in [3.63, 3.8) is 0 Å². The lowest BCUT2D eigenvalue weighted by atomic mass is 9.81. The maximum Gasteiger partial charge on any atom is 0.0216 e. The van der Waals surface area contributed by atoms with Crippen LogP contribution in [0, 0.1) is 0 Å². The fourth-order valence-corrected chi connectivity index (χ4v) is 4.29. The third-order valence-corrected chi connectivity index (χ3v) is 5.06. The molecule has 0 saturated heterocycles. The summed E-state index contributed by atoms with van der Waals surface area (Å²) in [5.41, 5.74) is 6.30. The van der Waals surface area contributed by atoms with Gasteiger partial charge in [-0.2, -0.15) is 0 Å². The van der Waals surface area contributed by atoms with Crippen LogP contribution in [0.25, 0.3) is 10.8 Å². The zero-order valence-corrected chi connectivity index (χ0v) is 11.4. The second kappa shape index (κ2) is 3.58. The Kier molecular flexibility index (Phi) is 2.14. The molecule has 0 atom stereocenters. The SMILES string of the molecule is Brc1cc2c3c(ccc4c3c1CCC4)CCC2. The average Bonchev–Trinajstić information content (AvgIpc) is 2.37. The molecule has 0 N–H and O–H groups in total. The van der Waals surface area contributed by atoms with E-state index in [1.807, 2.05) is 0 Å². The van der Waals surface area contributed by atoms with Gasteiger partial charge in [-0.05, 0) is 77.6 Å². The van der Waals surface area contributed by atoms with Crippen LogP contribution in [0.3, 0.4) is 0 Å². The van der Waals surface area contributed by atoms with Crippen LogP contribution in [0.15, 0.2) is 22.7 Å². The van der Waals surface area contributed by atoms with Gasteiger partial charge >= 0.3 is 0 Å². The van der Waals surface area contributed by atoms with Crippen LogP contribution in [0.1, 0.15) is 35.1 Å². The maximum atomic E-state index is 3.79. The largest absolute Gasteiger partial charge is 0.0581 e. The minimum Gasteiger partial charge on any atom is -0.0581 e. The van der Waals surface area contributed by atoms with Gasteiger partial charge in [0.1, 0.15) is 0 Å². The number of benzene rings is 2. The molecule has 17 heavy (non-hydrogen) atoms. The zero-order chi connectivity index (χ0) is 11.4. The summed E-state index contributed by atoms with van der Waals surface area (Å²) in [6.45, 7) is 0. The maximum absolute atomic E-state index is 3.79. The van der Waals surface area contributed by atoms with Crippen molar-refractivity contribution in [2.45, 2.75) is 38.5 Å². The second-order valence-corrected chi connectivity index (χ2v) is 6.19. The van der Waals surface area contributed by atoms with Crippen molar-refractivity contribution in [2.75, 3.05) is 0 Å². The Labute approximate surface area is 110 Å². The highest BCUT2D eigenvalue weighted by molar-refractivity contribution is 9.10. The van der Waals surface area contributed by atoms with E-state index in [0.717, 1.165) is 0 Å². The van der Waals surface area contributed by atoms with E-state index in [1.165, 1.54) is 43.0 Å². The number of rotatable bonds is 0. The van der Waals surface area contributed by atoms with Crippen LogP contribution in [-0.4, -0.2) is 0 Å². The highest BCUT2D eigenvalue weighted by Crippen LogP contribution is 2.40. The van der Waals surface area contributed by atoms with Gasteiger partial charge < -0.3 is 0 Å². The molecule has 0 heterocycles. The summed E-state index contributed by atoms with van der Waals surface area (Å²) >= 11 is 3.79. The molecule has 2 aromatic carbocycles. The topological polar surface area (TPSA) is 0 Å². The average molecular weight is 287 g/mol. The third kappa shape index (κ3) is 1.35. The van der Waals surface area contributed by atoms with Gasteiger partial charge in [0, 0.05) is 4.47 Å². The van der Waals surface area contributed by atoms with Crippen molar-refractivity contribution in [1.82, 2.24) is 0 Å². The monoisotopic (exact) mass is 286 g/mol. The Morgan fingerprint density at radius 1 is 0.765 bits per heavy atom. The summed E-state index contributed by atoms with van der Waals surface area (Å²) < 4.78 is 1.35. The molecule has 0 bridgehead atoms. The smallest absolute Gasteiger partial charge is 0.0216 e. The summed E-state index contributed by atoms with van der Waals surface area (Å²) in [6.07, 6.45) is 7.65. The van der Waals surface area contributed by atoms with Crippen LogP contribution in [0.5, 0.6) is 0 Å². The highest BCUT2D eigenvalue weighted by atomic mass is 79.9. The molecule has 0 aliphatic heterocycles. The normalized spacial score (nSPS) is 17.5. The van der Waals surface area contributed by atoms with Crippen LogP contribution >= 0.6 is 15.9 Å². The predicted octanol–water partition coefficient (Wildman–Crippen LogP) is 4.58. The van der Waals surface area contributed by atoms with Gasteiger partial charge in [-0.25, -0.2) is 0 Å². The number of halogens is 1. The highest BCUT2D eigenvalue weighted by Gasteiger charge is 2.21. The molecule has 2 aliphatic rings. The van der Waals surface area contributed by atoms with Gasteiger partial charge in [-0.15, -0.1) is 0 Å². The van der Waals surface area contributed by atoms with Gasteiger partial charge in [0.25, 0.3) is 0 Å². The van der Waals surface area contributed by atoms with E-state index >= 15 is 0 Å². The molecule has 0 amide bonds. The Hall–Kier alpha value is -0.820. The van der Waals surface area contributed by atoms with Crippen LogP contribution in [0.4, 0.5) is 0 Å². The van der Waals surface area contributed by atoms with E-state index < -0.39 is 0 Å². The molecule has 86 valence electrons. The molecular formula is C16H15Br. The van der Waals surface area contributed by atoms with Crippen molar-refractivity contribution >= 4 is 26.7 Å². The van der Waals surface area contributed by atoms with Crippen molar-refractivity contribution in [3.8, 4) is 0 Å². The summed E-state index contributed by atoms with van der Waals surface area (Å²) in [7, 11) is 0. The third-order valence-electron chi connectivity index (χ3n) is 4.36. The first-order valence-corrected chi connectivity index (χ1v) is 7.38. The molecule has 0 nitrogen and oxygen atoms in total. The lowest BCUT2D eigenvalue weighted by molar-refractivity contribution is 0.784. The summed E-state index contributed by atoms with van der Waals surface area (Å²) in [4.78, 5) is 0. The van der Waals surface area contributed by atoms with E-state index in [1.54, 1.807) is 33.0 Å². The number of aryl methyl sites for hydroxylation is 4. The van der Waals surface area contributed by atoms with Crippen LogP contribution in [0.2, 0.25) is 0 Å². The minimum absolute atomic E-state index is 1.24. The second-order valence-electron chi connectivity index (χ2n) is 5.34. The van der Waals surface area contributed by atoms with Crippen LogP contribution < -0.4 is 0 Å². The molecular weight excluding hydrogens is 272 g/mol. The molecule has 4 rings (SSSR count). The molecule has 0 saturated carbocycles. The quantitative estimate of drug-likeness (QED) is 0.665. The lowest BCUT2D eigenvalue weighted by Gasteiger charge is -2.25. The molecule has 0 aromatic heterocycles. The molecule has 0 radical (unpaired) electrons. The Morgan fingerprint density at radius 2 is 1.41 bits per heavy atom. The summed E-state index contributed by atoms with van der Waals surface area (Å²) in [5.74, 6) is 0. The van der Waals surface area contributed by atoms with E-state index in [4.69, 9.17) is 0 Å². The molecule has 0 spiro atoms. The molecule has 2 aliphatic carbocycles.